The summed E-state index contributed by atoms with van der Waals surface area (Å²) >= 11 is 0. The summed E-state index contributed by atoms with van der Waals surface area (Å²) in [4.78, 5) is 14.8. The van der Waals surface area contributed by atoms with Gasteiger partial charge in [-0.05, 0) is 42.8 Å². The van der Waals surface area contributed by atoms with Gasteiger partial charge < -0.3 is 14.1 Å². The Morgan fingerprint density at radius 2 is 1.45 bits per heavy atom. The summed E-state index contributed by atoms with van der Waals surface area (Å²) in [6.45, 7) is 9.24. The van der Waals surface area contributed by atoms with Crippen LogP contribution in [-0.4, -0.2) is 20.9 Å². The molecule has 0 aliphatic carbocycles. The zero-order valence-corrected chi connectivity index (χ0v) is 19.1. The molecule has 0 heterocycles. The Hall–Kier alpha value is -2.53. The highest BCUT2D eigenvalue weighted by Crippen LogP contribution is 2.27. The van der Waals surface area contributed by atoms with Crippen molar-refractivity contribution in [2.45, 2.75) is 52.4 Å². The molecule has 4 nitrogen and oxygen atoms in total. The molecule has 2 aromatic rings. The normalized spacial score (nSPS) is 11.8. The summed E-state index contributed by atoms with van der Waals surface area (Å²) in [5.41, 5.74) is 2.15. The molecule has 0 aromatic heterocycles. The van der Waals surface area contributed by atoms with Gasteiger partial charge in [0.05, 0.1) is 12.8 Å². The summed E-state index contributed by atoms with van der Waals surface area (Å²) in [5, 5.41) is 0. The van der Waals surface area contributed by atoms with Crippen LogP contribution in [0.4, 0.5) is 5.69 Å². The summed E-state index contributed by atoms with van der Waals surface area (Å²) < 4.78 is 11.8. The molecule has 0 N–H and O–H groups in total. The lowest BCUT2D eigenvalue weighted by molar-refractivity contribution is -0.141. The molecule has 29 heavy (non-hydrogen) atoms. The number of carbonyl (C=O) groups excluding carboxylic acids is 1. The number of rotatable bonds is 11. The van der Waals surface area contributed by atoms with Crippen molar-refractivity contribution in [3.05, 3.63) is 78.2 Å². The van der Waals surface area contributed by atoms with Crippen molar-refractivity contribution < 1.29 is 14.0 Å². The average Bonchev–Trinajstić information content (AvgIpc) is 2.77. The van der Waals surface area contributed by atoms with Crippen LogP contribution in [0.5, 0.6) is 0 Å². The number of anilines is 1. The van der Waals surface area contributed by atoms with Gasteiger partial charge in [-0.15, -0.1) is 0 Å². The van der Waals surface area contributed by atoms with E-state index in [1.54, 1.807) is 0 Å². The van der Waals surface area contributed by atoms with Crippen LogP contribution in [0.25, 0.3) is 0 Å². The fourth-order valence-corrected chi connectivity index (χ4v) is 5.81. The molecule has 2 aromatic carbocycles. The minimum Gasteiger partial charge on any atom is -0.538 e. The van der Waals surface area contributed by atoms with Gasteiger partial charge in [-0.1, -0.05) is 69.3 Å². The second-order valence-corrected chi connectivity index (χ2v) is 11.7. The third kappa shape index (κ3) is 6.50. The van der Waals surface area contributed by atoms with Gasteiger partial charge in [0.1, 0.15) is 0 Å². The number of esters is 1. The minimum absolute atomic E-state index is 0.309. The number of hydrogen-bond acceptors (Lipinski definition) is 4. The van der Waals surface area contributed by atoms with Gasteiger partial charge >= 0.3 is 5.97 Å². The summed E-state index contributed by atoms with van der Waals surface area (Å²) in [6, 6.07) is 23.1. The standard InChI is InChI=1S/C24H33NO3Si/c1-5-27-24(26)23(28-29(6-2,7-3)8-4)20-25(22-17-13-10-14-18-22)19-21-15-11-9-12-16-21/h9-18,20H,5-8,19H2,1-4H3/b23-20-. The first kappa shape index (κ1) is 22.8. The van der Waals surface area contributed by atoms with Gasteiger partial charge in [0.25, 0.3) is 8.32 Å². The lowest BCUT2D eigenvalue weighted by Crippen LogP contribution is -2.37. The number of hydrogen-bond donors (Lipinski definition) is 0. The van der Waals surface area contributed by atoms with E-state index < -0.39 is 14.3 Å². The molecule has 0 unspecified atom stereocenters. The predicted molar refractivity (Wildman–Crippen MR) is 122 cm³/mol. The van der Waals surface area contributed by atoms with Crippen molar-refractivity contribution in [1.29, 1.82) is 0 Å². The first-order chi connectivity index (χ1) is 14.1. The molecule has 0 bridgehead atoms. The Morgan fingerprint density at radius 1 is 0.897 bits per heavy atom. The molecule has 0 saturated heterocycles. The lowest BCUT2D eigenvalue weighted by Gasteiger charge is -2.31. The molecule has 0 saturated carbocycles. The van der Waals surface area contributed by atoms with E-state index in [-0.39, 0.29) is 0 Å². The van der Waals surface area contributed by atoms with Gasteiger partial charge in [-0.3, -0.25) is 0 Å². The van der Waals surface area contributed by atoms with Crippen LogP contribution in [0.2, 0.25) is 18.1 Å². The van der Waals surface area contributed by atoms with Gasteiger partial charge in [-0.25, -0.2) is 4.79 Å². The minimum atomic E-state index is -2.03. The third-order valence-corrected chi connectivity index (χ3v) is 9.81. The molecule has 0 atom stereocenters. The Bertz CT molecular complexity index is 765. The molecule has 0 amide bonds. The number of nitrogens with zero attached hydrogens (tertiary/aromatic N) is 1. The molecular weight excluding hydrogens is 378 g/mol. The maximum Gasteiger partial charge on any atom is 0.373 e. The zero-order valence-electron chi connectivity index (χ0n) is 18.1. The first-order valence-electron chi connectivity index (χ1n) is 10.5. The van der Waals surface area contributed by atoms with Crippen molar-refractivity contribution in [1.82, 2.24) is 0 Å². The van der Waals surface area contributed by atoms with Crippen molar-refractivity contribution in [2.24, 2.45) is 0 Å². The fraction of sp³-hybridized carbons (Fsp3) is 0.375. The number of para-hydroxylation sites is 1. The highest BCUT2D eigenvalue weighted by molar-refractivity contribution is 6.74. The Kier molecular flexibility index (Phi) is 8.99. The number of benzene rings is 2. The van der Waals surface area contributed by atoms with E-state index in [4.69, 9.17) is 9.16 Å². The largest absolute Gasteiger partial charge is 0.538 e. The third-order valence-electron chi connectivity index (χ3n) is 5.29. The molecule has 0 aliphatic rings. The van der Waals surface area contributed by atoms with Crippen LogP contribution in [0, 0.1) is 0 Å². The van der Waals surface area contributed by atoms with E-state index in [2.05, 4.69) is 37.8 Å². The van der Waals surface area contributed by atoms with Crippen molar-refractivity contribution >= 4 is 20.0 Å². The van der Waals surface area contributed by atoms with Crippen LogP contribution >= 0.6 is 0 Å². The average molecular weight is 412 g/mol. The van der Waals surface area contributed by atoms with Crippen LogP contribution in [-0.2, 0) is 20.5 Å². The summed E-state index contributed by atoms with van der Waals surface area (Å²) in [5.74, 6) is -0.0856. The zero-order chi connectivity index (χ0) is 21.1. The van der Waals surface area contributed by atoms with E-state index in [9.17, 15) is 4.79 Å². The van der Waals surface area contributed by atoms with Crippen LogP contribution in [0.15, 0.2) is 72.6 Å². The molecule has 0 aliphatic heterocycles. The highest BCUT2D eigenvalue weighted by atomic mass is 28.4. The fourth-order valence-electron chi connectivity index (χ4n) is 3.28. The van der Waals surface area contributed by atoms with Crippen LogP contribution in [0.1, 0.15) is 33.3 Å². The van der Waals surface area contributed by atoms with E-state index >= 15 is 0 Å². The highest BCUT2D eigenvalue weighted by Gasteiger charge is 2.34. The summed E-state index contributed by atoms with van der Waals surface area (Å²) in [7, 11) is -2.03. The predicted octanol–water partition coefficient (Wildman–Crippen LogP) is 6.12. The molecular formula is C24H33NO3Si. The molecule has 2 rings (SSSR count). The SMILES string of the molecule is CCOC(=O)/C(=C/N(Cc1ccccc1)c1ccccc1)O[Si](CC)(CC)CC. The van der Waals surface area contributed by atoms with Crippen molar-refractivity contribution in [3.63, 3.8) is 0 Å². The Labute approximate surface area is 176 Å². The maximum atomic E-state index is 12.8. The molecule has 0 radical (unpaired) electrons. The summed E-state index contributed by atoms with van der Waals surface area (Å²) in [6.07, 6.45) is 1.82. The van der Waals surface area contributed by atoms with Crippen molar-refractivity contribution in [3.8, 4) is 0 Å². The van der Waals surface area contributed by atoms with Gasteiger partial charge in [0.2, 0.25) is 5.76 Å². The van der Waals surface area contributed by atoms with Gasteiger partial charge in [0, 0.05) is 12.2 Å². The molecule has 0 fully saturated rings. The van der Waals surface area contributed by atoms with E-state index in [1.807, 2.05) is 61.7 Å². The van der Waals surface area contributed by atoms with Crippen LogP contribution < -0.4 is 4.90 Å². The topological polar surface area (TPSA) is 38.8 Å². The van der Waals surface area contributed by atoms with E-state index in [0.29, 0.717) is 18.9 Å². The number of carbonyl (C=O) groups is 1. The maximum absolute atomic E-state index is 12.8. The number of ether oxygens (including phenoxy) is 1. The first-order valence-corrected chi connectivity index (χ1v) is 13.0. The Morgan fingerprint density at radius 3 is 1.97 bits per heavy atom. The second kappa shape index (κ2) is 11.5. The van der Waals surface area contributed by atoms with Crippen LogP contribution in [0.3, 0.4) is 0 Å². The van der Waals surface area contributed by atoms with Gasteiger partial charge in [0.15, 0.2) is 0 Å². The van der Waals surface area contributed by atoms with Gasteiger partial charge in [-0.2, -0.15) is 0 Å². The van der Waals surface area contributed by atoms with Crippen molar-refractivity contribution in [2.75, 3.05) is 11.5 Å². The quantitative estimate of drug-likeness (QED) is 0.193. The second-order valence-electron chi connectivity index (χ2n) is 7.01. The molecule has 0 spiro atoms. The molecule has 156 valence electrons. The molecule has 5 heteroatoms. The van der Waals surface area contributed by atoms with E-state index in [0.717, 1.165) is 29.4 Å². The van der Waals surface area contributed by atoms with E-state index in [1.165, 1.54) is 0 Å². The lowest BCUT2D eigenvalue weighted by atomic mass is 10.2. The Balaban J connectivity index is 2.45. The monoisotopic (exact) mass is 411 g/mol. The smallest absolute Gasteiger partial charge is 0.373 e.